The number of aromatic amines is 1. The molecule has 102 valence electrons. The Morgan fingerprint density at radius 2 is 1.80 bits per heavy atom. The molecule has 0 bridgehead atoms. The van der Waals surface area contributed by atoms with Gasteiger partial charge in [0.1, 0.15) is 5.75 Å². The van der Waals surface area contributed by atoms with Crippen molar-refractivity contribution >= 4 is 10.9 Å². The number of nitrogens with one attached hydrogen (secondary N) is 1. The lowest BCUT2D eigenvalue weighted by Crippen LogP contribution is -2.00. The Hall–Kier alpha value is -2.22. The number of benzene rings is 2. The van der Waals surface area contributed by atoms with Crippen LogP contribution in [0.3, 0.4) is 0 Å². The van der Waals surface area contributed by atoms with E-state index in [2.05, 4.69) is 48.4 Å². The Kier molecular flexibility index (Phi) is 3.73. The van der Waals surface area contributed by atoms with Crippen molar-refractivity contribution < 1.29 is 4.74 Å². The third-order valence-electron chi connectivity index (χ3n) is 3.65. The Labute approximate surface area is 119 Å². The predicted octanol–water partition coefficient (Wildman–Crippen LogP) is 4.35. The lowest BCUT2D eigenvalue weighted by Gasteiger charge is -2.06. The van der Waals surface area contributed by atoms with E-state index in [0.717, 1.165) is 18.6 Å². The quantitative estimate of drug-likeness (QED) is 0.728. The average molecular weight is 265 g/mol. The highest BCUT2D eigenvalue weighted by Gasteiger charge is 2.03. The number of aryl methyl sites for hydroxylation is 1. The Morgan fingerprint density at radius 1 is 1.00 bits per heavy atom. The van der Waals surface area contributed by atoms with E-state index >= 15 is 0 Å². The van der Waals surface area contributed by atoms with Crippen LogP contribution in [0.1, 0.15) is 18.1 Å². The Balaban J connectivity index is 1.62. The van der Waals surface area contributed by atoms with Gasteiger partial charge in [-0.15, -0.1) is 0 Å². The lowest BCUT2D eigenvalue weighted by atomic mass is 10.1. The molecule has 0 aliphatic rings. The molecular weight excluding hydrogens is 246 g/mol. The predicted molar refractivity (Wildman–Crippen MR) is 83.3 cm³/mol. The molecule has 3 rings (SSSR count). The van der Waals surface area contributed by atoms with Gasteiger partial charge in [0, 0.05) is 23.5 Å². The topological polar surface area (TPSA) is 25.0 Å². The van der Waals surface area contributed by atoms with E-state index in [9.17, 15) is 0 Å². The standard InChI is InChI=1S/C18H19NO/c1-2-14-7-9-16(10-8-14)20-12-11-15-13-19-18-6-4-3-5-17(15)18/h3-10,13,19H,2,11-12H2,1H3. The van der Waals surface area contributed by atoms with Crippen LogP contribution < -0.4 is 4.74 Å². The van der Waals surface area contributed by atoms with Gasteiger partial charge in [0.05, 0.1) is 6.61 Å². The highest BCUT2D eigenvalue weighted by atomic mass is 16.5. The first-order valence-corrected chi connectivity index (χ1v) is 7.13. The van der Waals surface area contributed by atoms with Crippen molar-refractivity contribution in [3.63, 3.8) is 0 Å². The monoisotopic (exact) mass is 265 g/mol. The molecule has 2 aromatic carbocycles. The number of H-pyrrole nitrogens is 1. The molecule has 0 radical (unpaired) electrons. The molecule has 0 fully saturated rings. The Bertz CT molecular complexity index is 682. The maximum atomic E-state index is 5.81. The van der Waals surface area contributed by atoms with Gasteiger partial charge < -0.3 is 9.72 Å². The summed E-state index contributed by atoms with van der Waals surface area (Å²) in [4.78, 5) is 3.30. The summed E-state index contributed by atoms with van der Waals surface area (Å²) in [5.74, 6) is 0.946. The van der Waals surface area contributed by atoms with Gasteiger partial charge in [-0.05, 0) is 35.7 Å². The van der Waals surface area contributed by atoms with Crippen LogP contribution in [0.15, 0.2) is 54.7 Å². The van der Waals surface area contributed by atoms with Crippen LogP contribution in [-0.4, -0.2) is 11.6 Å². The summed E-state index contributed by atoms with van der Waals surface area (Å²) in [5.41, 5.74) is 3.84. The largest absolute Gasteiger partial charge is 0.493 e. The van der Waals surface area contributed by atoms with Crippen molar-refractivity contribution in [3.8, 4) is 5.75 Å². The highest BCUT2D eigenvalue weighted by molar-refractivity contribution is 5.83. The molecule has 0 amide bonds. The molecule has 0 unspecified atom stereocenters. The van der Waals surface area contributed by atoms with Crippen molar-refractivity contribution in [3.05, 3.63) is 65.9 Å². The smallest absolute Gasteiger partial charge is 0.119 e. The maximum Gasteiger partial charge on any atom is 0.119 e. The normalized spacial score (nSPS) is 10.8. The number of fused-ring (bicyclic) bond motifs is 1. The number of para-hydroxylation sites is 1. The first kappa shape index (κ1) is 12.8. The molecule has 0 aliphatic heterocycles. The summed E-state index contributed by atoms with van der Waals surface area (Å²) in [7, 11) is 0. The number of ether oxygens (including phenoxy) is 1. The molecule has 0 saturated heterocycles. The summed E-state index contributed by atoms with van der Waals surface area (Å²) in [5, 5.41) is 1.29. The summed E-state index contributed by atoms with van der Waals surface area (Å²) in [6, 6.07) is 16.7. The average Bonchev–Trinajstić information content (AvgIpc) is 2.92. The fraction of sp³-hybridized carbons (Fsp3) is 0.222. The van der Waals surface area contributed by atoms with Crippen LogP contribution in [0.25, 0.3) is 10.9 Å². The molecule has 0 saturated carbocycles. The lowest BCUT2D eigenvalue weighted by molar-refractivity contribution is 0.322. The summed E-state index contributed by atoms with van der Waals surface area (Å²) in [6.07, 6.45) is 4.06. The van der Waals surface area contributed by atoms with Crippen LogP contribution >= 0.6 is 0 Å². The van der Waals surface area contributed by atoms with E-state index in [4.69, 9.17) is 4.74 Å². The van der Waals surface area contributed by atoms with Crippen LogP contribution in [0.5, 0.6) is 5.75 Å². The maximum absolute atomic E-state index is 5.81. The minimum Gasteiger partial charge on any atom is -0.493 e. The van der Waals surface area contributed by atoms with Gasteiger partial charge in [0.2, 0.25) is 0 Å². The van der Waals surface area contributed by atoms with Gasteiger partial charge >= 0.3 is 0 Å². The molecule has 20 heavy (non-hydrogen) atoms. The second-order valence-electron chi connectivity index (χ2n) is 4.96. The van der Waals surface area contributed by atoms with Gasteiger partial charge in [-0.25, -0.2) is 0 Å². The zero-order chi connectivity index (χ0) is 13.8. The van der Waals surface area contributed by atoms with Gasteiger partial charge in [-0.2, -0.15) is 0 Å². The van der Waals surface area contributed by atoms with E-state index in [0.29, 0.717) is 6.61 Å². The number of aromatic nitrogens is 1. The van der Waals surface area contributed by atoms with Crippen molar-refractivity contribution in [2.75, 3.05) is 6.61 Å². The summed E-state index contributed by atoms with van der Waals surface area (Å²) in [6.45, 7) is 2.86. The second-order valence-corrected chi connectivity index (χ2v) is 4.96. The third-order valence-corrected chi connectivity index (χ3v) is 3.65. The van der Waals surface area contributed by atoms with E-state index in [1.807, 2.05) is 18.2 Å². The number of rotatable bonds is 5. The summed E-state index contributed by atoms with van der Waals surface area (Å²) < 4.78 is 5.81. The van der Waals surface area contributed by atoms with E-state index in [1.54, 1.807) is 0 Å². The zero-order valence-electron chi connectivity index (χ0n) is 11.7. The van der Waals surface area contributed by atoms with Crippen LogP contribution in [0.4, 0.5) is 0 Å². The van der Waals surface area contributed by atoms with Crippen molar-refractivity contribution in [2.24, 2.45) is 0 Å². The molecule has 0 aliphatic carbocycles. The van der Waals surface area contributed by atoms with Crippen LogP contribution in [0.2, 0.25) is 0 Å². The van der Waals surface area contributed by atoms with E-state index in [-0.39, 0.29) is 0 Å². The molecule has 3 aromatic rings. The van der Waals surface area contributed by atoms with Crippen molar-refractivity contribution in [1.82, 2.24) is 4.98 Å². The molecule has 2 nitrogen and oxygen atoms in total. The van der Waals surface area contributed by atoms with Gasteiger partial charge in [-0.1, -0.05) is 37.3 Å². The Morgan fingerprint density at radius 3 is 2.60 bits per heavy atom. The first-order valence-electron chi connectivity index (χ1n) is 7.13. The molecular formula is C18H19NO. The summed E-state index contributed by atoms with van der Waals surface area (Å²) >= 11 is 0. The van der Waals surface area contributed by atoms with Gasteiger partial charge in [0.25, 0.3) is 0 Å². The molecule has 0 spiro atoms. The fourth-order valence-corrected chi connectivity index (χ4v) is 2.44. The highest BCUT2D eigenvalue weighted by Crippen LogP contribution is 2.19. The van der Waals surface area contributed by atoms with E-state index < -0.39 is 0 Å². The third kappa shape index (κ3) is 2.69. The molecule has 2 heteroatoms. The number of hydrogen-bond acceptors (Lipinski definition) is 1. The second kappa shape index (κ2) is 5.83. The van der Waals surface area contributed by atoms with Gasteiger partial charge in [-0.3, -0.25) is 0 Å². The molecule has 1 N–H and O–H groups in total. The van der Waals surface area contributed by atoms with Crippen molar-refractivity contribution in [1.29, 1.82) is 0 Å². The minimum atomic E-state index is 0.702. The molecule has 0 atom stereocenters. The molecule has 1 heterocycles. The van der Waals surface area contributed by atoms with Gasteiger partial charge in [0.15, 0.2) is 0 Å². The van der Waals surface area contributed by atoms with Crippen LogP contribution in [-0.2, 0) is 12.8 Å². The van der Waals surface area contributed by atoms with Crippen LogP contribution in [0, 0.1) is 0 Å². The minimum absolute atomic E-state index is 0.702. The van der Waals surface area contributed by atoms with Crippen molar-refractivity contribution in [2.45, 2.75) is 19.8 Å². The molecule has 1 aromatic heterocycles. The van der Waals surface area contributed by atoms with E-state index in [1.165, 1.54) is 22.0 Å². The zero-order valence-corrected chi connectivity index (χ0v) is 11.7. The SMILES string of the molecule is CCc1ccc(OCCc2c[nH]c3ccccc23)cc1. The first-order chi connectivity index (χ1) is 9.86. The number of hydrogen-bond donors (Lipinski definition) is 1. The fourth-order valence-electron chi connectivity index (χ4n) is 2.44.